The van der Waals surface area contributed by atoms with E-state index in [1.54, 1.807) is 18.6 Å². The molecule has 4 nitrogen and oxygen atoms in total. The van der Waals surface area contributed by atoms with Crippen LogP contribution in [-0.4, -0.2) is 17.6 Å². The second-order valence-corrected chi connectivity index (χ2v) is 3.44. The summed E-state index contributed by atoms with van der Waals surface area (Å²) >= 11 is 1.45. The molecule has 0 unspecified atom stereocenters. The van der Waals surface area contributed by atoms with E-state index in [0.717, 1.165) is 4.88 Å². The lowest BCUT2D eigenvalue weighted by Crippen LogP contribution is -2.16. The maximum Gasteiger partial charge on any atom is 0.307 e. The first-order chi connectivity index (χ1) is 6.24. The summed E-state index contributed by atoms with van der Waals surface area (Å²) in [5, 5.41) is 0. The molecule has 0 radical (unpaired) electrons. The average Bonchev–Trinajstić information content (AvgIpc) is 2.55. The number of esters is 1. The van der Waals surface area contributed by atoms with Gasteiger partial charge in [0, 0.05) is 11.1 Å². The molecule has 1 atom stereocenters. The summed E-state index contributed by atoms with van der Waals surface area (Å²) in [5.41, 5.74) is 7.44. The Bertz CT molecular complexity index is 261. The van der Waals surface area contributed by atoms with Gasteiger partial charge >= 0.3 is 5.97 Å². The number of hydrogen-bond acceptors (Lipinski definition) is 5. The fourth-order valence-electron chi connectivity index (χ4n) is 0.909. The number of rotatable bonds is 4. The third-order valence-electron chi connectivity index (χ3n) is 1.51. The predicted molar refractivity (Wildman–Crippen MR) is 50.3 cm³/mol. The Morgan fingerprint density at radius 1 is 1.85 bits per heavy atom. The average molecular weight is 200 g/mol. The Morgan fingerprint density at radius 3 is 3.15 bits per heavy atom. The quantitative estimate of drug-likeness (QED) is 0.739. The Kier molecular flexibility index (Phi) is 3.85. The predicted octanol–water partition coefficient (Wildman–Crippen LogP) is 1.10. The molecule has 1 aromatic heterocycles. The zero-order valence-electron chi connectivity index (χ0n) is 7.40. The Labute approximate surface area is 80.7 Å². The summed E-state index contributed by atoms with van der Waals surface area (Å²) in [6.45, 7) is 2.17. The van der Waals surface area contributed by atoms with Crippen LogP contribution < -0.4 is 5.73 Å². The topological polar surface area (TPSA) is 65.2 Å². The molecule has 0 amide bonds. The molecule has 0 saturated carbocycles. The maximum absolute atomic E-state index is 11.0. The number of hydrogen-bond donors (Lipinski definition) is 1. The summed E-state index contributed by atoms with van der Waals surface area (Å²) in [7, 11) is 0. The Morgan fingerprint density at radius 2 is 2.62 bits per heavy atom. The van der Waals surface area contributed by atoms with Crippen LogP contribution >= 0.6 is 11.3 Å². The van der Waals surface area contributed by atoms with Crippen molar-refractivity contribution in [3.05, 3.63) is 16.6 Å². The van der Waals surface area contributed by atoms with E-state index in [1.807, 2.05) is 0 Å². The molecule has 1 rings (SSSR count). The SMILES string of the molecule is CCOC(=O)C[C@H](N)c1cncs1. The van der Waals surface area contributed by atoms with Gasteiger partial charge < -0.3 is 10.5 Å². The van der Waals surface area contributed by atoms with Crippen LogP contribution in [-0.2, 0) is 9.53 Å². The van der Waals surface area contributed by atoms with Crippen molar-refractivity contribution >= 4 is 17.3 Å². The zero-order valence-corrected chi connectivity index (χ0v) is 8.21. The number of nitrogens with two attached hydrogens (primary N) is 1. The minimum absolute atomic E-state index is 0.218. The highest BCUT2D eigenvalue weighted by atomic mass is 32.1. The second kappa shape index (κ2) is 4.94. The van der Waals surface area contributed by atoms with E-state index in [1.165, 1.54) is 11.3 Å². The standard InChI is InChI=1S/C8H12N2O2S/c1-2-12-8(11)3-6(9)7-4-10-5-13-7/h4-6H,2-3,9H2,1H3/t6-/m0/s1. The molecule has 0 saturated heterocycles. The van der Waals surface area contributed by atoms with E-state index >= 15 is 0 Å². The molecule has 2 N–H and O–H groups in total. The van der Waals surface area contributed by atoms with E-state index in [-0.39, 0.29) is 18.4 Å². The lowest BCUT2D eigenvalue weighted by Gasteiger charge is -2.07. The Hall–Kier alpha value is -0.940. The molecule has 0 aliphatic heterocycles. The number of nitrogens with zero attached hydrogens (tertiary/aromatic N) is 1. The van der Waals surface area contributed by atoms with Crippen molar-refractivity contribution in [2.24, 2.45) is 5.73 Å². The number of thiazole rings is 1. The summed E-state index contributed by atoms with van der Waals surface area (Å²) < 4.78 is 4.78. The third kappa shape index (κ3) is 3.12. The van der Waals surface area contributed by atoms with Crippen LogP contribution in [0.15, 0.2) is 11.7 Å². The molecule has 0 bridgehead atoms. The van der Waals surface area contributed by atoms with Gasteiger partial charge in [0.15, 0.2) is 0 Å². The first-order valence-corrected chi connectivity index (χ1v) is 4.91. The van der Waals surface area contributed by atoms with Gasteiger partial charge in [-0.05, 0) is 6.92 Å². The maximum atomic E-state index is 11.0. The molecule has 0 fully saturated rings. The van der Waals surface area contributed by atoms with Crippen molar-refractivity contribution in [3.8, 4) is 0 Å². The molecule has 1 aromatic rings. The smallest absolute Gasteiger partial charge is 0.307 e. The molecule has 1 heterocycles. The molecule has 13 heavy (non-hydrogen) atoms. The molecular formula is C8H12N2O2S. The van der Waals surface area contributed by atoms with Crippen molar-refractivity contribution in [2.75, 3.05) is 6.61 Å². The fourth-order valence-corrected chi connectivity index (χ4v) is 1.53. The highest BCUT2D eigenvalue weighted by Gasteiger charge is 2.13. The lowest BCUT2D eigenvalue weighted by molar-refractivity contribution is -0.143. The van der Waals surface area contributed by atoms with Crippen molar-refractivity contribution in [1.29, 1.82) is 0 Å². The normalized spacial score (nSPS) is 12.5. The van der Waals surface area contributed by atoms with Crippen molar-refractivity contribution in [3.63, 3.8) is 0 Å². The second-order valence-electron chi connectivity index (χ2n) is 2.52. The van der Waals surface area contributed by atoms with Crippen molar-refractivity contribution in [2.45, 2.75) is 19.4 Å². The summed E-state index contributed by atoms with van der Waals surface area (Å²) in [5.74, 6) is -0.261. The summed E-state index contributed by atoms with van der Waals surface area (Å²) in [4.78, 5) is 15.8. The van der Waals surface area contributed by atoms with Crippen LogP contribution in [0.1, 0.15) is 24.3 Å². The summed E-state index contributed by atoms with van der Waals surface area (Å²) in [6, 6.07) is -0.286. The van der Waals surface area contributed by atoms with Gasteiger partial charge in [-0.3, -0.25) is 9.78 Å². The monoisotopic (exact) mass is 200 g/mol. The molecule has 0 aliphatic rings. The first-order valence-electron chi connectivity index (χ1n) is 4.03. The van der Waals surface area contributed by atoms with E-state index in [9.17, 15) is 4.79 Å². The van der Waals surface area contributed by atoms with Crippen LogP contribution in [0.3, 0.4) is 0 Å². The third-order valence-corrected chi connectivity index (χ3v) is 2.42. The van der Waals surface area contributed by atoms with Crippen LogP contribution in [0.2, 0.25) is 0 Å². The molecule has 0 aromatic carbocycles. The largest absolute Gasteiger partial charge is 0.466 e. The van der Waals surface area contributed by atoms with Crippen molar-refractivity contribution < 1.29 is 9.53 Å². The number of carbonyl (C=O) groups excluding carboxylic acids is 1. The first kappa shape index (κ1) is 10.1. The minimum Gasteiger partial charge on any atom is -0.466 e. The fraction of sp³-hybridized carbons (Fsp3) is 0.500. The van der Waals surface area contributed by atoms with Crippen LogP contribution in [0.25, 0.3) is 0 Å². The minimum atomic E-state index is -0.286. The number of ether oxygens (including phenoxy) is 1. The van der Waals surface area contributed by atoms with Gasteiger partial charge in [0.05, 0.1) is 24.6 Å². The highest BCUT2D eigenvalue weighted by Crippen LogP contribution is 2.17. The van der Waals surface area contributed by atoms with E-state index in [2.05, 4.69) is 4.98 Å². The molecule has 0 spiro atoms. The summed E-state index contributed by atoms with van der Waals surface area (Å²) in [6.07, 6.45) is 1.89. The number of aromatic nitrogens is 1. The van der Waals surface area contributed by atoms with Crippen molar-refractivity contribution in [1.82, 2.24) is 4.98 Å². The molecule has 72 valence electrons. The van der Waals surface area contributed by atoms with Crippen LogP contribution in [0.4, 0.5) is 0 Å². The number of carbonyl (C=O) groups is 1. The van der Waals surface area contributed by atoms with Gasteiger partial charge in [-0.15, -0.1) is 11.3 Å². The molecule has 5 heteroatoms. The zero-order chi connectivity index (χ0) is 9.68. The van der Waals surface area contributed by atoms with Gasteiger partial charge in [-0.1, -0.05) is 0 Å². The molecule has 0 aliphatic carbocycles. The highest BCUT2D eigenvalue weighted by molar-refractivity contribution is 7.09. The van der Waals surface area contributed by atoms with E-state index in [4.69, 9.17) is 10.5 Å². The van der Waals surface area contributed by atoms with E-state index in [0.29, 0.717) is 6.61 Å². The van der Waals surface area contributed by atoms with Gasteiger partial charge in [-0.25, -0.2) is 0 Å². The lowest BCUT2D eigenvalue weighted by atomic mass is 10.2. The van der Waals surface area contributed by atoms with Gasteiger partial charge in [0.1, 0.15) is 0 Å². The van der Waals surface area contributed by atoms with Gasteiger partial charge in [-0.2, -0.15) is 0 Å². The van der Waals surface area contributed by atoms with Crippen LogP contribution in [0, 0.1) is 0 Å². The van der Waals surface area contributed by atoms with Gasteiger partial charge in [0.2, 0.25) is 0 Å². The van der Waals surface area contributed by atoms with E-state index < -0.39 is 0 Å². The van der Waals surface area contributed by atoms with Gasteiger partial charge in [0.25, 0.3) is 0 Å². The molecular weight excluding hydrogens is 188 g/mol. The Balaban J connectivity index is 2.42. The van der Waals surface area contributed by atoms with Crippen LogP contribution in [0.5, 0.6) is 0 Å².